The summed E-state index contributed by atoms with van der Waals surface area (Å²) in [7, 11) is 0. The molecule has 1 saturated heterocycles. The van der Waals surface area contributed by atoms with Crippen LogP contribution in [-0.4, -0.2) is 50.9 Å². The molecule has 8 nitrogen and oxygen atoms in total. The third-order valence-electron chi connectivity index (χ3n) is 4.13. The zero-order valence-corrected chi connectivity index (χ0v) is 13.0. The van der Waals surface area contributed by atoms with Crippen LogP contribution in [0.3, 0.4) is 0 Å². The Kier molecular flexibility index (Phi) is 4.57. The lowest BCUT2D eigenvalue weighted by atomic mass is 9.86. The Balaban J connectivity index is 1.80. The van der Waals surface area contributed by atoms with Crippen molar-refractivity contribution in [3.05, 3.63) is 36.2 Å². The van der Waals surface area contributed by atoms with Crippen LogP contribution in [0.15, 0.2) is 30.6 Å². The number of hydrogen-bond acceptors (Lipinski definition) is 5. The van der Waals surface area contributed by atoms with Crippen molar-refractivity contribution in [2.24, 2.45) is 0 Å². The summed E-state index contributed by atoms with van der Waals surface area (Å²) in [4.78, 5) is 27.9. The average Bonchev–Trinajstić information content (AvgIpc) is 3.09. The van der Waals surface area contributed by atoms with Crippen LogP contribution >= 0.6 is 0 Å². The summed E-state index contributed by atoms with van der Waals surface area (Å²) >= 11 is 0. The van der Waals surface area contributed by atoms with Crippen LogP contribution in [0.5, 0.6) is 0 Å². The standard InChI is InChI=1S/C16H18N4O4/c21-13(22)9-16(4-6-24-7-5-16)19-15(23)12-3-1-2-11(8-12)14-17-10-18-20-14/h1-3,8,10H,4-7,9H2,(H,19,23)(H,21,22)(H,17,18,20). The topological polar surface area (TPSA) is 117 Å². The number of rotatable bonds is 5. The van der Waals surface area contributed by atoms with Gasteiger partial charge < -0.3 is 15.2 Å². The summed E-state index contributed by atoms with van der Waals surface area (Å²) in [6.45, 7) is 0.872. The highest BCUT2D eigenvalue weighted by Gasteiger charge is 2.36. The number of aromatic amines is 1. The predicted octanol–water partition coefficient (Wildman–Crippen LogP) is 1.23. The average molecular weight is 330 g/mol. The quantitative estimate of drug-likeness (QED) is 0.759. The van der Waals surface area contributed by atoms with Crippen LogP contribution in [0.4, 0.5) is 0 Å². The third kappa shape index (κ3) is 3.60. The predicted molar refractivity (Wildman–Crippen MR) is 84.3 cm³/mol. The van der Waals surface area contributed by atoms with Gasteiger partial charge in [-0.3, -0.25) is 14.7 Å². The van der Waals surface area contributed by atoms with Gasteiger partial charge in [-0.25, -0.2) is 4.98 Å². The summed E-state index contributed by atoms with van der Waals surface area (Å²) in [6, 6.07) is 6.95. The number of carbonyl (C=O) groups is 2. The molecule has 1 aliphatic heterocycles. The summed E-state index contributed by atoms with van der Waals surface area (Å²) in [6.07, 6.45) is 2.23. The minimum Gasteiger partial charge on any atom is -0.481 e. The van der Waals surface area contributed by atoms with Crippen molar-refractivity contribution in [1.29, 1.82) is 0 Å². The van der Waals surface area contributed by atoms with Gasteiger partial charge in [0.1, 0.15) is 6.33 Å². The molecule has 0 unspecified atom stereocenters. The first-order chi connectivity index (χ1) is 11.6. The third-order valence-corrected chi connectivity index (χ3v) is 4.13. The van der Waals surface area contributed by atoms with Gasteiger partial charge in [-0.2, -0.15) is 5.10 Å². The summed E-state index contributed by atoms with van der Waals surface area (Å²) in [5.41, 5.74) is 0.406. The van der Waals surface area contributed by atoms with E-state index in [2.05, 4.69) is 20.5 Å². The minimum absolute atomic E-state index is 0.121. The van der Waals surface area contributed by atoms with E-state index >= 15 is 0 Å². The zero-order chi connectivity index (χ0) is 17.0. The number of benzene rings is 1. The second-order valence-corrected chi connectivity index (χ2v) is 5.83. The van der Waals surface area contributed by atoms with E-state index in [9.17, 15) is 14.7 Å². The smallest absolute Gasteiger partial charge is 0.305 e. The molecule has 1 aromatic heterocycles. The van der Waals surface area contributed by atoms with Crippen molar-refractivity contribution in [2.75, 3.05) is 13.2 Å². The van der Waals surface area contributed by atoms with Crippen molar-refractivity contribution >= 4 is 11.9 Å². The van der Waals surface area contributed by atoms with Crippen molar-refractivity contribution in [1.82, 2.24) is 20.5 Å². The number of ether oxygens (including phenoxy) is 1. The number of amides is 1. The van der Waals surface area contributed by atoms with Crippen molar-refractivity contribution in [2.45, 2.75) is 24.8 Å². The van der Waals surface area contributed by atoms with E-state index in [0.717, 1.165) is 5.56 Å². The van der Waals surface area contributed by atoms with Gasteiger partial charge in [-0.15, -0.1) is 0 Å². The molecular formula is C16H18N4O4. The number of nitrogens with zero attached hydrogens (tertiary/aromatic N) is 2. The monoisotopic (exact) mass is 330 g/mol. The second-order valence-electron chi connectivity index (χ2n) is 5.83. The van der Waals surface area contributed by atoms with Gasteiger partial charge in [-0.05, 0) is 25.0 Å². The molecule has 0 aliphatic carbocycles. The largest absolute Gasteiger partial charge is 0.481 e. The number of carboxylic acids is 1. The fraction of sp³-hybridized carbons (Fsp3) is 0.375. The highest BCUT2D eigenvalue weighted by Crippen LogP contribution is 2.25. The summed E-state index contributed by atoms with van der Waals surface area (Å²) in [5.74, 6) is -0.678. The summed E-state index contributed by atoms with van der Waals surface area (Å²) in [5, 5.41) is 18.6. The van der Waals surface area contributed by atoms with Gasteiger partial charge in [0.05, 0.1) is 12.0 Å². The Morgan fingerprint density at radius 1 is 1.33 bits per heavy atom. The van der Waals surface area contributed by atoms with Crippen LogP contribution in [0, 0.1) is 0 Å². The normalized spacial score (nSPS) is 16.5. The van der Waals surface area contributed by atoms with Crippen LogP contribution < -0.4 is 5.32 Å². The molecule has 3 N–H and O–H groups in total. The molecule has 2 aromatic rings. The zero-order valence-electron chi connectivity index (χ0n) is 13.0. The lowest BCUT2D eigenvalue weighted by Gasteiger charge is -2.36. The second kappa shape index (κ2) is 6.79. The van der Waals surface area contributed by atoms with E-state index in [-0.39, 0.29) is 12.3 Å². The Bertz CT molecular complexity index is 723. The fourth-order valence-electron chi connectivity index (χ4n) is 2.86. The van der Waals surface area contributed by atoms with E-state index < -0.39 is 11.5 Å². The molecule has 126 valence electrons. The Morgan fingerprint density at radius 3 is 2.79 bits per heavy atom. The molecule has 2 heterocycles. The molecule has 0 spiro atoms. The molecule has 3 rings (SSSR count). The van der Waals surface area contributed by atoms with Crippen molar-refractivity contribution < 1.29 is 19.4 Å². The van der Waals surface area contributed by atoms with Gasteiger partial charge in [-0.1, -0.05) is 12.1 Å². The number of H-pyrrole nitrogens is 1. The Labute approximate surface area is 138 Å². The lowest BCUT2D eigenvalue weighted by Crippen LogP contribution is -2.53. The number of nitrogens with one attached hydrogen (secondary N) is 2. The van der Waals surface area contributed by atoms with E-state index in [1.54, 1.807) is 18.2 Å². The van der Waals surface area contributed by atoms with Gasteiger partial charge in [0, 0.05) is 24.3 Å². The highest BCUT2D eigenvalue weighted by molar-refractivity contribution is 5.96. The highest BCUT2D eigenvalue weighted by atomic mass is 16.5. The number of aromatic nitrogens is 3. The molecule has 0 saturated carbocycles. The molecule has 1 fully saturated rings. The van der Waals surface area contributed by atoms with Crippen LogP contribution in [0.25, 0.3) is 11.4 Å². The van der Waals surface area contributed by atoms with Gasteiger partial charge in [0.15, 0.2) is 5.82 Å². The molecule has 1 amide bonds. The maximum Gasteiger partial charge on any atom is 0.305 e. The van der Waals surface area contributed by atoms with E-state index in [1.807, 2.05) is 6.07 Å². The number of carbonyl (C=O) groups excluding carboxylic acids is 1. The van der Waals surface area contributed by atoms with Crippen LogP contribution in [0.2, 0.25) is 0 Å². The first kappa shape index (κ1) is 16.1. The fourth-order valence-corrected chi connectivity index (χ4v) is 2.86. The number of hydrogen-bond donors (Lipinski definition) is 3. The Hall–Kier alpha value is -2.74. The number of carboxylic acid groups (broad SMARTS) is 1. The Morgan fingerprint density at radius 2 is 2.12 bits per heavy atom. The molecule has 0 bridgehead atoms. The maximum atomic E-state index is 12.6. The van der Waals surface area contributed by atoms with E-state index in [4.69, 9.17) is 4.74 Å². The van der Waals surface area contributed by atoms with Gasteiger partial charge >= 0.3 is 5.97 Å². The molecular weight excluding hydrogens is 312 g/mol. The minimum atomic E-state index is -0.937. The van der Waals surface area contributed by atoms with Crippen molar-refractivity contribution in [3.63, 3.8) is 0 Å². The lowest BCUT2D eigenvalue weighted by molar-refractivity contribution is -0.139. The van der Waals surface area contributed by atoms with Crippen molar-refractivity contribution in [3.8, 4) is 11.4 Å². The maximum absolute atomic E-state index is 12.6. The first-order valence-electron chi connectivity index (χ1n) is 7.66. The molecule has 0 atom stereocenters. The molecule has 24 heavy (non-hydrogen) atoms. The summed E-state index contributed by atoms with van der Waals surface area (Å²) < 4.78 is 5.30. The molecule has 8 heteroatoms. The van der Waals surface area contributed by atoms with E-state index in [0.29, 0.717) is 37.4 Å². The van der Waals surface area contributed by atoms with Crippen LogP contribution in [-0.2, 0) is 9.53 Å². The molecule has 1 aliphatic rings. The molecule has 0 radical (unpaired) electrons. The van der Waals surface area contributed by atoms with Crippen LogP contribution in [0.1, 0.15) is 29.6 Å². The number of aliphatic carboxylic acids is 1. The van der Waals surface area contributed by atoms with Gasteiger partial charge in [0.25, 0.3) is 5.91 Å². The molecule has 1 aromatic carbocycles. The van der Waals surface area contributed by atoms with Gasteiger partial charge in [0.2, 0.25) is 0 Å². The first-order valence-corrected chi connectivity index (χ1v) is 7.66. The van der Waals surface area contributed by atoms with E-state index in [1.165, 1.54) is 6.33 Å². The SMILES string of the molecule is O=C(O)CC1(NC(=O)c2cccc(-c3ncn[nH]3)c2)CCOCC1.